The summed E-state index contributed by atoms with van der Waals surface area (Å²) in [6.45, 7) is 1.62. The van der Waals surface area contributed by atoms with Crippen molar-refractivity contribution in [3.8, 4) is 5.75 Å². The molecule has 0 spiro atoms. The predicted molar refractivity (Wildman–Crippen MR) is 57.2 cm³/mol. The molecule has 0 bridgehead atoms. The highest BCUT2D eigenvalue weighted by Gasteiger charge is 2.27. The van der Waals surface area contributed by atoms with Crippen LogP contribution in [0.25, 0.3) is 0 Å². The first kappa shape index (κ1) is 13.9. The molecule has 0 aliphatic rings. The molecule has 1 aromatic carbocycles. The highest BCUT2D eigenvalue weighted by molar-refractivity contribution is 7.89. The molecule has 0 aromatic heterocycles. The van der Waals surface area contributed by atoms with Crippen LogP contribution in [0.15, 0.2) is 28.0 Å². The van der Waals surface area contributed by atoms with Crippen molar-refractivity contribution in [1.29, 1.82) is 0 Å². The zero-order valence-electron chi connectivity index (χ0n) is 8.69. The van der Waals surface area contributed by atoms with Crippen LogP contribution < -0.4 is 4.74 Å². The van der Waals surface area contributed by atoms with Crippen molar-refractivity contribution in [3.63, 3.8) is 0 Å². The van der Waals surface area contributed by atoms with Crippen molar-refractivity contribution in [1.82, 2.24) is 0 Å². The van der Waals surface area contributed by atoms with Gasteiger partial charge in [-0.15, -0.1) is 0 Å². The Morgan fingerprint density at radius 3 is 2.12 bits per heavy atom. The van der Waals surface area contributed by atoms with E-state index in [-0.39, 0.29) is 12.4 Å². The topological polar surface area (TPSA) is 118 Å². The fraction of sp³-hybridized carbons (Fsp3) is 0.250. The molecule has 0 unspecified atom stereocenters. The van der Waals surface area contributed by atoms with Crippen LogP contribution in [0.3, 0.4) is 0 Å². The number of benzene rings is 1. The molecule has 0 aliphatic carbocycles. The molecule has 0 radical (unpaired) electrons. The first-order chi connectivity index (χ1) is 7.68. The smallest absolute Gasteiger partial charge is 0.299 e. The summed E-state index contributed by atoms with van der Waals surface area (Å²) < 4.78 is 66.9. The fourth-order valence-electron chi connectivity index (χ4n) is 1.22. The molecule has 7 nitrogen and oxygen atoms in total. The van der Waals surface area contributed by atoms with Crippen molar-refractivity contribution in [2.24, 2.45) is 0 Å². The molecule has 1 rings (SSSR count). The summed E-state index contributed by atoms with van der Waals surface area (Å²) in [5.74, 6) is -0.342. The Morgan fingerprint density at radius 1 is 1.12 bits per heavy atom. The average Bonchev–Trinajstić information content (AvgIpc) is 2.14. The van der Waals surface area contributed by atoms with Gasteiger partial charge < -0.3 is 4.74 Å². The van der Waals surface area contributed by atoms with E-state index in [1.54, 1.807) is 6.92 Å². The molecule has 0 saturated heterocycles. The van der Waals surface area contributed by atoms with Gasteiger partial charge in [0.2, 0.25) is 0 Å². The first-order valence-electron chi connectivity index (χ1n) is 4.38. The maximum absolute atomic E-state index is 11.1. The molecule has 96 valence electrons. The lowest BCUT2D eigenvalue weighted by atomic mass is 10.3. The molecule has 0 atom stereocenters. The second-order valence-electron chi connectivity index (χ2n) is 2.97. The van der Waals surface area contributed by atoms with Gasteiger partial charge in [0.25, 0.3) is 20.2 Å². The standard InChI is InChI=1S/C8H10O7S2/c1-2-15-6-4-3-5-7(16(9,10)11)8(6)17(12,13)14/h3-5H,2H2,1H3,(H,9,10,11)(H,12,13,14). The van der Waals surface area contributed by atoms with Crippen LogP contribution in [0.5, 0.6) is 5.75 Å². The highest BCUT2D eigenvalue weighted by Crippen LogP contribution is 2.30. The number of hydrogen-bond acceptors (Lipinski definition) is 5. The van der Waals surface area contributed by atoms with Gasteiger partial charge in [0.05, 0.1) is 6.61 Å². The summed E-state index contributed by atoms with van der Waals surface area (Å²) in [4.78, 5) is -1.89. The fourth-order valence-corrected chi connectivity index (χ4v) is 3.14. The van der Waals surface area contributed by atoms with Crippen LogP contribution in [-0.4, -0.2) is 32.5 Å². The van der Waals surface area contributed by atoms with E-state index in [0.29, 0.717) is 0 Å². The summed E-state index contributed by atoms with van der Waals surface area (Å²) in [7, 11) is -9.61. The Bertz CT molecular complexity index is 615. The van der Waals surface area contributed by atoms with Crippen molar-refractivity contribution in [2.75, 3.05) is 6.61 Å². The van der Waals surface area contributed by atoms with E-state index >= 15 is 0 Å². The third-order valence-electron chi connectivity index (χ3n) is 1.78. The quantitative estimate of drug-likeness (QED) is 0.775. The van der Waals surface area contributed by atoms with Gasteiger partial charge in [-0.25, -0.2) is 0 Å². The minimum atomic E-state index is -4.83. The summed E-state index contributed by atoms with van der Waals surface area (Å²) in [6.07, 6.45) is 0. The Hall–Kier alpha value is -1.16. The number of rotatable bonds is 4. The zero-order chi connectivity index (χ0) is 13.3. The van der Waals surface area contributed by atoms with Crippen molar-refractivity contribution >= 4 is 20.2 Å². The molecular formula is C8H10O7S2. The minimum Gasteiger partial charge on any atom is -0.492 e. The third kappa shape index (κ3) is 3.16. The van der Waals surface area contributed by atoms with Gasteiger partial charge in [-0.2, -0.15) is 16.8 Å². The third-order valence-corrected chi connectivity index (χ3v) is 3.74. The SMILES string of the molecule is CCOc1cccc(S(=O)(=O)O)c1S(=O)(=O)O. The van der Waals surface area contributed by atoms with E-state index in [0.717, 1.165) is 6.07 Å². The zero-order valence-corrected chi connectivity index (χ0v) is 10.3. The van der Waals surface area contributed by atoms with Crippen LogP contribution in [0.1, 0.15) is 6.92 Å². The normalized spacial score (nSPS) is 12.4. The lowest BCUT2D eigenvalue weighted by Gasteiger charge is -2.10. The molecule has 0 heterocycles. The first-order valence-corrected chi connectivity index (χ1v) is 7.26. The second kappa shape index (κ2) is 4.61. The lowest BCUT2D eigenvalue weighted by Crippen LogP contribution is -2.10. The highest BCUT2D eigenvalue weighted by atomic mass is 32.2. The van der Waals surface area contributed by atoms with Crippen LogP contribution in [0, 0.1) is 0 Å². The van der Waals surface area contributed by atoms with Gasteiger partial charge in [0.15, 0.2) is 4.90 Å². The summed E-state index contributed by atoms with van der Waals surface area (Å²) in [5, 5.41) is 0. The molecule has 17 heavy (non-hydrogen) atoms. The van der Waals surface area contributed by atoms with Crippen LogP contribution in [-0.2, 0) is 20.2 Å². The van der Waals surface area contributed by atoms with Crippen molar-refractivity contribution in [2.45, 2.75) is 16.7 Å². The molecule has 0 fully saturated rings. The molecule has 0 amide bonds. The lowest BCUT2D eigenvalue weighted by molar-refractivity contribution is 0.326. The predicted octanol–water partition coefficient (Wildman–Crippen LogP) is 0.579. The summed E-state index contributed by atoms with van der Waals surface area (Å²) in [5.41, 5.74) is 0. The Kier molecular flexibility index (Phi) is 3.77. The van der Waals surface area contributed by atoms with Gasteiger partial charge >= 0.3 is 0 Å². The van der Waals surface area contributed by atoms with Crippen molar-refractivity contribution < 1.29 is 30.7 Å². The van der Waals surface area contributed by atoms with E-state index in [9.17, 15) is 16.8 Å². The van der Waals surface area contributed by atoms with Crippen LogP contribution in [0.4, 0.5) is 0 Å². The molecular weight excluding hydrogens is 272 g/mol. The number of hydrogen-bond donors (Lipinski definition) is 2. The van der Waals surface area contributed by atoms with E-state index in [1.807, 2.05) is 0 Å². The van der Waals surface area contributed by atoms with Gasteiger partial charge in [-0.1, -0.05) is 6.07 Å². The molecule has 1 aromatic rings. The molecule has 2 N–H and O–H groups in total. The minimum absolute atomic E-state index is 0.0669. The maximum atomic E-state index is 11.1. The van der Waals surface area contributed by atoms with E-state index in [1.165, 1.54) is 12.1 Å². The second-order valence-corrected chi connectivity index (χ2v) is 5.71. The van der Waals surface area contributed by atoms with Gasteiger partial charge in [-0.05, 0) is 19.1 Å². The van der Waals surface area contributed by atoms with Gasteiger partial charge in [-0.3, -0.25) is 9.11 Å². The summed E-state index contributed by atoms with van der Waals surface area (Å²) >= 11 is 0. The Balaban J connectivity index is 3.70. The Labute approximate surface area is 98.5 Å². The van der Waals surface area contributed by atoms with Gasteiger partial charge in [0, 0.05) is 0 Å². The van der Waals surface area contributed by atoms with Crippen molar-refractivity contribution in [3.05, 3.63) is 18.2 Å². The number of ether oxygens (including phenoxy) is 1. The molecule has 9 heteroatoms. The van der Waals surface area contributed by atoms with Gasteiger partial charge in [0.1, 0.15) is 10.6 Å². The largest absolute Gasteiger partial charge is 0.492 e. The monoisotopic (exact) mass is 282 g/mol. The average molecular weight is 282 g/mol. The van der Waals surface area contributed by atoms with E-state index in [2.05, 4.69) is 0 Å². The molecule has 0 saturated carbocycles. The van der Waals surface area contributed by atoms with E-state index < -0.39 is 30.0 Å². The molecule has 0 aliphatic heterocycles. The van der Waals surface area contributed by atoms with Crippen LogP contribution in [0.2, 0.25) is 0 Å². The maximum Gasteiger partial charge on any atom is 0.299 e. The Morgan fingerprint density at radius 2 is 1.71 bits per heavy atom. The summed E-state index contributed by atoms with van der Waals surface area (Å²) in [6, 6.07) is 3.20. The van der Waals surface area contributed by atoms with E-state index in [4.69, 9.17) is 13.8 Å². The van der Waals surface area contributed by atoms with Crippen LogP contribution >= 0.6 is 0 Å².